The third-order valence-electron chi connectivity index (χ3n) is 19.5. The lowest BCUT2D eigenvalue weighted by Crippen LogP contribution is -2.45. The van der Waals surface area contributed by atoms with E-state index in [4.69, 9.17) is 64.2 Å². The van der Waals surface area contributed by atoms with Gasteiger partial charge < -0.3 is 54.6 Å². The van der Waals surface area contributed by atoms with Crippen molar-refractivity contribution in [3.63, 3.8) is 0 Å². The van der Waals surface area contributed by atoms with E-state index in [1.807, 2.05) is 76.1 Å². The number of nitriles is 2. The number of ether oxygens (including phenoxy) is 4. The molecule has 4 aromatic carbocycles. The second kappa shape index (κ2) is 33.0. The zero-order valence-electron chi connectivity index (χ0n) is 60.7. The lowest BCUT2D eigenvalue weighted by Gasteiger charge is -2.41. The van der Waals surface area contributed by atoms with Crippen molar-refractivity contribution in [2.45, 2.75) is 167 Å². The highest BCUT2D eigenvalue weighted by atomic mass is 28.4. The molecule has 0 spiro atoms. The molecule has 0 unspecified atom stereocenters. The highest BCUT2D eigenvalue weighted by molar-refractivity contribution is 6.74. The third-order valence-corrected chi connectivity index (χ3v) is 28.5. The van der Waals surface area contributed by atoms with E-state index in [0.717, 1.165) is 96.4 Å². The number of amides is 1. The maximum atomic E-state index is 12.9. The molecule has 6 aromatic heterocycles. The molecule has 0 aliphatic heterocycles. The number of rotatable bonds is 21. The van der Waals surface area contributed by atoms with E-state index in [1.54, 1.807) is 75.1 Å². The number of carboxylic acid groups (broad SMARTS) is 1. The van der Waals surface area contributed by atoms with Gasteiger partial charge in [0.15, 0.2) is 39.6 Å². The number of nitrogens with one attached hydrogen (secondary N) is 3. The van der Waals surface area contributed by atoms with Crippen LogP contribution in [0.2, 0.25) is 36.3 Å². The molecule has 1 amide bonds. The first kappa shape index (κ1) is 75.0. The first-order chi connectivity index (χ1) is 49.2. The van der Waals surface area contributed by atoms with Crippen LogP contribution in [0.15, 0.2) is 158 Å². The molecule has 0 atom stereocenters. The number of carbonyl (C=O) groups excluding carboxylic acids is 1. The van der Waals surface area contributed by atoms with E-state index >= 15 is 0 Å². The molecule has 2 aliphatic carbocycles. The van der Waals surface area contributed by atoms with Crippen molar-refractivity contribution in [3.05, 3.63) is 192 Å². The molecule has 23 nitrogen and oxygen atoms in total. The number of anilines is 4. The van der Waals surface area contributed by atoms with E-state index in [9.17, 15) is 14.7 Å². The van der Waals surface area contributed by atoms with Crippen LogP contribution in [-0.2, 0) is 21.9 Å². The summed E-state index contributed by atoms with van der Waals surface area (Å²) in [5.74, 6) is 4.71. The molecule has 0 radical (unpaired) electrons. The smallest absolute Gasteiger partial charge is 0.335 e. The summed E-state index contributed by atoms with van der Waals surface area (Å²) in [5.41, 5.74) is 10.4. The molecule has 103 heavy (non-hydrogen) atoms. The van der Waals surface area contributed by atoms with Crippen molar-refractivity contribution in [3.8, 4) is 46.6 Å². The van der Waals surface area contributed by atoms with Crippen molar-refractivity contribution in [2.75, 3.05) is 35.9 Å². The molecular formula is C78H92N14O9Si2. The highest BCUT2D eigenvalue weighted by Gasteiger charge is 2.41. The summed E-state index contributed by atoms with van der Waals surface area (Å²) in [6.45, 7) is 24.1. The van der Waals surface area contributed by atoms with Gasteiger partial charge in [-0.25, -0.2) is 34.1 Å². The average molecular weight is 1430 g/mol. The molecular weight excluding hydrogens is 1330 g/mol. The zero-order chi connectivity index (χ0) is 73.6. The zero-order valence-corrected chi connectivity index (χ0v) is 62.7. The number of nitrogens with zero attached hydrogens (tertiary/aromatic N) is 10. The van der Waals surface area contributed by atoms with Gasteiger partial charge in [0, 0.05) is 66.8 Å². The molecule has 6 heterocycles. The molecule has 2 fully saturated rings. The van der Waals surface area contributed by atoms with Gasteiger partial charge in [-0.2, -0.15) is 20.7 Å². The van der Waals surface area contributed by atoms with Crippen LogP contribution < -0.4 is 40.6 Å². The van der Waals surface area contributed by atoms with E-state index < -0.39 is 22.6 Å². The van der Waals surface area contributed by atoms with Gasteiger partial charge in [-0.3, -0.25) is 4.79 Å². The fourth-order valence-corrected chi connectivity index (χ4v) is 14.5. The van der Waals surface area contributed by atoms with Crippen LogP contribution in [-0.4, -0.2) is 112 Å². The second-order valence-corrected chi connectivity index (χ2v) is 38.4. The van der Waals surface area contributed by atoms with Crippen LogP contribution in [0.5, 0.6) is 34.5 Å². The van der Waals surface area contributed by atoms with Gasteiger partial charge in [-0.1, -0.05) is 65.8 Å². The summed E-state index contributed by atoms with van der Waals surface area (Å²) in [6, 6.07) is 43.5. The maximum absolute atomic E-state index is 12.9. The SMILES string of the molecule is COc1ccc(Cn2nc(NC3CCC(O[Si](C)(C)C(C)(C)C)CC3)c3c(Oc4ccc(C(=O)Nc5cc(C#N)ccn5)cc4)ccnc32)cc1.COc1ccc(Cn2nc(NC3CCC(O[Si](C)(C)C(C)(C)C)CC3)c3c(Oc4ccc(C(=O)O)cc4)ccnc32)cc1.N#Cc1ccnc(N)c1. The van der Waals surface area contributed by atoms with Crippen LogP contribution in [0, 0.1) is 22.7 Å². The summed E-state index contributed by atoms with van der Waals surface area (Å²) in [7, 11) is -0.356. The Hall–Kier alpha value is -10.7. The van der Waals surface area contributed by atoms with Crippen molar-refractivity contribution in [1.82, 2.24) is 39.5 Å². The van der Waals surface area contributed by atoms with E-state index in [-0.39, 0.29) is 45.8 Å². The first-order valence-electron chi connectivity index (χ1n) is 34.6. The number of hydrogen-bond acceptors (Lipinski definition) is 19. The normalized spacial score (nSPS) is 16.1. The number of carboxylic acids is 1. The van der Waals surface area contributed by atoms with E-state index in [1.165, 1.54) is 36.7 Å². The molecule has 0 saturated heterocycles. The maximum Gasteiger partial charge on any atom is 0.335 e. The Bertz CT molecular complexity index is 4620. The van der Waals surface area contributed by atoms with Gasteiger partial charge in [0.05, 0.1) is 56.1 Å². The Kier molecular flexibility index (Phi) is 24.0. The molecule has 6 N–H and O–H groups in total. The summed E-state index contributed by atoms with van der Waals surface area (Å²) in [6.07, 6.45) is 14.9. The fraction of sp³-hybridized carbons (Fsp3) is 0.359. The minimum absolute atomic E-state index is 0.177. The van der Waals surface area contributed by atoms with Crippen LogP contribution in [0.25, 0.3) is 22.1 Å². The molecule has 536 valence electrons. The Morgan fingerprint density at radius 2 is 0.922 bits per heavy atom. The largest absolute Gasteiger partial charge is 0.497 e. The van der Waals surface area contributed by atoms with Crippen LogP contribution in [0.4, 0.5) is 23.3 Å². The molecule has 12 rings (SSSR count). The third kappa shape index (κ3) is 19.5. The average Bonchev–Trinajstić information content (AvgIpc) is 1.67. The van der Waals surface area contributed by atoms with Crippen LogP contribution >= 0.6 is 0 Å². The fourth-order valence-electron chi connectivity index (χ4n) is 11.6. The lowest BCUT2D eigenvalue weighted by atomic mass is 9.93. The standard InChI is InChI=1S/C39H45N7O4Si.C33H42N4O5Si.C6H5N3/c1-39(2,3)51(5,6)50-32-17-11-29(12-18-32)43-36-35-33(20-22-42-37(35)46(45-36)25-26-7-13-30(48-4)14-8-26)49-31-15-9-28(10-16-31)38(47)44-34-23-27(24-40)19-21-41-34;1-33(2,3)43(5,6)42-27-17-11-24(12-18-27)35-30-29-28(41-26-15-9-23(10-16-26)32(38)39)19-20-34-31(29)37(36-30)21-22-7-13-25(40-4)14-8-22;7-4-5-1-2-9-6(8)3-5/h7-10,13-16,19-23,29,32H,11-12,17-18,25H2,1-6H3,(H,43,45)(H,41,44,47);7-10,13-16,19-20,24,27H,11-12,17-18,21H2,1-6H3,(H,35,36)(H,38,39);1-3H,(H2,8,9). The first-order valence-corrected chi connectivity index (χ1v) is 40.4. The summed E-state index contributed by atoms with van der Waals surface area (Å²) < 4.78 is 40.7. The highest BCUT2D eigenvalue weighted by Crippen LogP contribution is 2.43. The lowest BCUT2D eigenvalue weighted by molar-refractivity contribution is 0.0696. The Balaban J connectivity index is 0.000000199. The number of benzene rings is 4. The van der Waals surface area contributed by atoms with Gasteiger partial charge in [0.2, 0.25) is 0 Å². The summed E-state index contributed by atoms with van der Waals surface area (Å²) >= 11 is 0. The van der Waals surface area contributed by atoms with Crippen molar-refractivity contribution in [1.29, 1.82) is 10.5 Å². The number of aromatic carboxylic acids is 1. The number of fused-ring (bicyclic) bond motifs is 2. The second-order valence-electron chi connectivity index (χ2n) is 28.9. The molecule has 25 heteroatoms. The number of methoxy groups -OCH3 is 2. The molecule has 10 aromatic rings. The molecule has 2 aliphatic rings. The topological polar surface area (TPSA) is 307 Å². The quantitative estimate of drug-likeness (QED) is 0.0417. The Morgan fingerprint density at radius 3 is 1.30 bits per heavy atom. The summed E-state index contributed by atoms with van der Waals surface area (Å²) in [4.78, 5) is 41.5. The van der Waals surface area contributed by atoms with Gasteiger partial charge in [-0.15, -0.1) is 0 Å². The number of pyridine rings is 4. The predicted molar refractivity (Wildman–Crippen MR) is 405 cm³/mol. The van der Waals surface area contributed by atoms with Crippen molar-refractivity contribution < 1.29 is 42.5 Å². The van der Waals surface area contributed by atoms with Crippen molar-refractivity contribution in [2.24, 2.45) is 0 Å². The van der Waals surface area contributed by atoms with E-state index in [2.05, 4.69) is 99.7 Å². The van der Waals surface area contributed by atoms with E-state index in [0.29, 0.717) is 75.7 Å². The Morgan fingerprint density at radius 1 is 0.534 bits per heavy atom. The molecule has 0 bridgehead atoms. The van der Waals surface area contributed by atoms with Gasteiger partial charge >= 0.3 is 5.97 Å². The van der Waals surface area contributed by atoms with Crippen LogP contribution in [0.3, 0.4) is 0 Å². The number of nitrogen functional groups attached to an aromatic ring is 1. The van der Waals surface area contributed by atoms with Crippen LogP contribution in [0.1, 0.15) is 136 Å². The van der Waals surface area contributed by atoms with Gasteiger partial charge in [-0.05, 0) is 196 Å². The number of nitrogens with two attached hydrogens (primary N) is 1. The molecule has 2 saturated carbocycles. The minimum Gasteiger partial charge on any atom is -0.497 e. The number of hydrogen-bond donors (Lipinski definition) is 5. The van der Waals surface area contributed by atoms with Gasteiger partial charge in [0.25, 0.3) is 5.91 Å². The Labute approximate surface area is 604 Å². The predicted octanol–water partition coefficient (Wildman–Crippen LogP) is 16.8. The number of carbonyl (C=O) groups is 2. The van der Waals surface area contributed by atoms with Crippen molar-refractivity contribution >= 4 is 73.8 Å². The minimum atomic E-state index is -1.85. The number of aromatic nitrogens is 8. The van der Waals surface area contributed by atoms with Gasteiger partial charge in [0.1, 0.15) is 56.9 Å². The summed E-state index contributed by atoms with van der Waals surface area (Å²) in [5, 5.41) is 49.0. The monoisotopic (exact) mass is 1420 g/mol.